The van der Waals surface area contributed by atoms with E-state index in [9.17, 15) is 0 Å². The fraction of sp³-hybridized carbons (Fsp3) is 0.733. The summed E-state index contributed by atoms with van der Waals surface area (Å²) in [6.45, 7) is 10.9. The van der Waals surface area contributed by atoms with Crippen molar-refractivity contribution in [2.24, 2.45) is 0 Å². The quantitative estimate of drug-likeness (QED) is 0.894. The average molecular weight is 267 g/mol. The summed E-state index contributed by atoms with van der Waals surface area (Å²) < 4.78 is 5.86. The van der Waals surface area contributed by atoms with E-state index in [-0.39, 0.29) is 5.41 Å². The summed E-state index contributed by atoms with van der Waals surface area (Å²) >= 11 is 1.93. The third-order valence-corrected chi connectivity index (χ3v) is 5.03. The number of ether oxygens (including phenoxy) is 1. The summed E-state index contributed by atoms with van der Waals surface area (Å²) in [7, 11) is 0. The van der Waals surface area contributed by atoms with Gasteiger partial charge in [-0.25, -0.2) is 0 Å². The number of likely N-dealkylation sites (N-methyl/N-ethyl adjacent to an activating group) is 1. The maximum atomic E-state index is 5.86. The van der Waals surface area contributed by atoms with E-state index in [4.69, 9.17) is 4.74 Å². The van der Waals surface area contributed by atoms with Gasteiger partial charge in [0.15, 0.2) is 0 Å². The molecule has 1 aromatic rings. The van der Waals surface area contributed by atoms with Gasteiger partial charge >= 0.3 is 0 Å². The Balaban J connectivity index is 2.17. The first kappa shape index (κ1) is 14.0. The van der Waals surface area contributed by atoms with Gasteiger partial charge in [0.25, 0.3) is 0 Å². The predicted molar refractivity (Wildman–Crippen MR) is 78.4 cm³/mol. The highest BCUT2D eigenvalue weighted by atomic mass is 32.1. The molecule has 1 N–H and O–H groups in total. The van der Waals surface area contributed by atoms with Crippen molar-refractivity contribution in [3.8, 4) is 0 Å². The lowest BCUT2D eigenvalue weighted by Gasteiger charge is -2.23. The number of hydrogen-bond acceptors (Lipinski definition) is 3. The minimum absolute atomic E-state index is 0.246. The molecule has 0 saturated carbocycles. The van der Waals surface area contributed by atoms with Gasteiger partial charge in [-0.1, -0.05) is 27.7 Å². The molecule has 2 atom stereocenters. The van der Waals surface area contributed by atoms with Gasteiger partial charge in [0.05, 0.1) is 12.1 Å². The fourth-order valence-electron chi connectivity index (χ4n) is 2.42. The van der Waals surface area contributed by atoms with Crippen LogP contribution in [0.4, 0.5) is 0 Å². The van der Waals surface area contributed by atoms with Crippen LogP contribution in [-0.2, 0) is 10.2 Å². The Morgan fingerprint density at radius 1 is 1.44 bits per heavy atom. The van der Waals surface area contributed by atoms with Crippen LogP contribution in [0.1, 0.15) is 56.3 Å². The monoisotopic (exact) mass is 267 g/mol. The van der Waals surface area contributed by atoms with Crippen molar-refractivity contribution < 1.29 is 4.74 Å². The maximum absolute atomic E-state index is 5.86. The van der Waals surface area contributed by atoms with Gasteiger partial charge in [0.2, 0.25) is 0 Å². The molecular formula is C15H25NOS. The predicted octanol–water partition coefficient (Wildman–Crippen LogP) is 3.88. The topological polar surface area (TPSA) is 21.3 Å². The lowest BCUT2D eigenvalue weighted by Crippen LogP contribution is -2.30. The minimum atomic E-state index is 0.246. The summed E-state index contributed by atoms with van der Waals surface area (Å²) in [5, 5.41) is 3.59. The fourth-order valence-corrected chi connectivity index (χ4v) is 3.62. The Morgan fingerprint density at radius 2 is 2.22 bits per heavy atom. The van der Waals surface area contributed by atoms with Crippen LogP contribution < -0.4 is 5.32 Å². The molecule has 1 fully saturated rings. The van der Waals surface area contributed by atoms with Gasteiger partial charge in [0, 0.05) is 16.4 Å². The molecule has 1 aromatic heterocycles. The number of thiophene rings is 1. The maximum Gasteiger partial charge on any atom is 0.0778 e. The summed E-state index contributed by atoms with van der Waals surface area (Å²) in [5.74, 6) is 0. The Kier molecular flexibility index (Phi) is 4.46. The van der Waals surface area contributed by atoms with Gasteiger partial charge in [-0.05, 0) is 36.9 Å². The van der Waals surface area contributed by atoms with Crippen molar-refractivity contribution >= 4 is 11.3 Å². The smallest absolute Gasteiger partial charge is 0.0778 e. The van der Waals surface area contributed by atoms with E-state index < -0.39 is 0 Å². The average Bonchev–Trinajstić information content (AvgIpc) is 2.96. The van der Waals surface area contributed by atoms with Crippen molar-refractivity contribution in [2.75, 3.05) is 13.2 Å². The lowest BCUT2D eigenvalue weighted by molar-refractivity contribution is 0.0798. The summed E-state index contributed by atoms with van der Waals surface area (Å²) in [4.78, 5) is 2.88. The SMILES string of the molecule is CCNC(c1ccc(C(C)(C)C)s1)C1CCCO1. The van der Waals surface area contributed by atoms with Crippen LogP contribution in [0.15, 0.2) is 12.1 Å². The normalized spacial score (nSPS) is 22.3. The molecule has 2 unspecified atom stereocenters. The first-order valence-electron chi connectivity index (χ1n) is 6.97. The molecule has 102 valence electrons. The molecule has 0 spiro atoms. The molecule has 1 aliphatic heterocycles. The molecule has 0 radical (unpaired) electrons. The molecule has 0 amide bonds. The Hall–Kier alpha value is -0.380. The molecule has 1 saturated heterocycles. The van der Waals surface area contributed by atoms with Crippen LogP contribution in [0.3, 0.4) is 0 Å². The zero-order valence-corrected chi connectivity index (χ0v) is 12.8. The Bertz CT molecular complexity index is 374. The van der Waals surface area contributed by atoms with E-state index in [1.165, 1.54) is 22.6 Å². The van der Waals surface area contributed by atoms with Crippen LogP contribution in [0.5, 0.6) is 0 Å². The molecular weight excluding hydrogens is 242 g/mol. The standard InChI is InChI=1S/C15H25NOS/c1-5-16-14(11-7-6-10-17-11)12-8-9-13(18-12)15(2,3)4/h8-9,11,14,16H,5-7,10H2,1-4H3. The molecule has 3 heteroatoms. The number of rotatable bonds is 4. The molecule has 2 heterocycles. The van der Waals surface area contributed by atoms with Gasteiger partial charge < -0.3 is 10.1 Å². The minimum Gasteiger partial charge on any atom is -0.376 e. The second-order valence-corrected chi connectivity index (χ2v) is 7.15. The van der Waals surface area contributed by atoms with E-state index in [0.717, 1.165) is 13.2 Å². The van der Waals surface area contributed by atoms with Crippen molar-refractivity contribution in [3.05, 3.63) is 21.9 Å². The number of hydrogen-bond donors (Lipinski definition) is 1. The highest BCUT2D eigenvalue weighted by Crippen LogP contribution is 2.35. The zero-order valence-electron chi connectivity index (χ0n) is 12.0. The van der Waals surface area contributed by atoms with Crippen molar-refractivity contribution in [1.82, 2.24) is 5.32 Å². The van der Waals surface area contributed by atoms with Crippen molar-refractivity contribution in [3.63, 3.8) is 0 Å². The molecule has 0 aliphatic carbocycles. The molecule has 0 bridgehead atoms. The van der Waals surface area contributed by atoms with Crippen LogP contribution in [0.2, 0.25) is 0 Å². The largest absolute Gasteiger partial charge is 0.376 e. The highest BCUT2D eigenvalue weighted by Gasteiger charge is 2.28. The summed E-state index contributed by atoms with van der Waals surface area (Å²) in [6.07, 6.45) is 2.74. The van der Waals surface area contributed by atoms with E-state index in [1.807, 2.05) is 11.3 Å². The second kappa shape index (κ2) is 5.72. The van der Waals surface area contributed by atoms with Gasteiger partial charge in [0.1, 0.15) is 0 Å². The molecule has 0 aromatic carbocycles. The summed E-state index contributed by atoms with van der Waals surface area (Å²) in [5.41, 5.74) is 0.246. The Morgan fingerprint density at radius 3 is 2.72 bits per heavy atom. The highest BCUT2D eigenvalue weighted by molar-refractivity contribution is 7.12. The van der Waals surface area contributed by atoms with Crippen LogP contribution >= 0.6 is 11.3 Å². The van der Waals surface area contributed by atoms with E-state index in [2.05, 4.69) is 45.1 Å². The van der Waals surface area contributed by atoms with E-state index in [0.29, 0.717) is 12.1 Å². The van der Waals surface area contributed by atoms with Crippen LogP contribution in [0, 0.1) is 0 Å². The van der Waals surface area contributed by atoms with E-state index >= 15 is 0 Å². The van der Waals surface area contributed by atoms with Gasteiger partial charge in [-0.15, -0.1) is 11.3 Å². The molecule has 18 heavy (non-hydrogen) atoms. The third kappa shape index (κ3) is 3.14. The zero-order chi connectivity index (χ0) is 13.2. The summed E-state index contributed by atoms with van der Waals surface area (Å²) in [6, 6.07) is 4.93. The van der Waals surface area contributed by atoms with E-state index in [1.54, 1.807) is 0 Å². The first-order chi connectivity index (χ1) is 8.52. The van der Waals surface area contributed by atoms with Gasteiger partial charge in [-0.2, -0.15) is 0 Å². The molecule has 2 nitrogen and oxygen atoms in total. The van der Waals surface area contributed by atoms with Crippen molar-refractivity contribution in [2.45, 2.75) is 58.1 Å². The number of nitrogens with one attached hydrogen (secondary N) is 1. The van der Waals surface area contributed by atoms with Crippen LogP contribution in [-0.4, -0.2) is 19.3 Å². The Labute approximate surface area is 115 Å². The van der Waals surface area contributed by atoms with Crippen LogP contribution in [0.25, 0.3) is 0 Å². The second-order valence-electron chi connectivity index (χ2n) is 6.04. The van der Waals surface area contributed by atoms with Crippen molar-refractivity contribution in [1.29, 1.82) is 0 Å². The van der Waals surface area contributed by atoms with Gasteiger partial charge in [-0.3, -0.25) is 0 Å². The first-order valence-corrected chi connectivity index (χ1v) is 7.79. The third-order valence-electron chi connectivity index (χ3n) is 3.43. The lowest BCUT2D eigenvalue weighted by atomic mass is 9.95. The molecule has 2 rings (SSSR count). The molecule has 1 aliphatic rings.